The molecule has 2 fully saturated rings. The van der Waals surface area contributed by atoms with E-state index in [2.05, 4.69) is 10.2 Å². The zero-order chi connectivity index (χ0) is 22.0. The van der Waals surface area contributed by atoms with E-state index in [1.807, 2.05) is 24.3 Å². The summed E-state index contributed by atoms with van der Waals surface area (Å²) in [6, 6.07) is 10.1. The highest BCUT2D eigenvalue weighted by atomic mass is 32.2. The van der Waals surface area contributed by atoms with Crippen molar-refractivity contribution in [1.82, 2.24) is 4.31 Å². The van der Waals surface area contributed by atoms with Crippen molar-refractivity contribution in [2.75, 3.05) is 36.4 Å². The molecule has 4 rings (SSSR count). The van der Waals surface area contributed by atoms with E-state index in [1.165, 1.54) is 0 Å². The maximum absolute atomic E-state index is 14.0. The van der Waals surface area contributed by atoms with Gasteiger partial charge >= 0.3 is 0 Å². The van der Waals surface area contributed by atoms with Gasteiger partial charge in [-0.1, -0.05) is 6.07 Å². The number of nitrogens with one attached hydrogen (secondary N) is 1. The van der Waals surface area contributed by atoms with Crippen LogP contribution in [-0.2, 0) is 14.8 Å². The van der Waals surface area contributed by atoms with Gasteiger partial charge in [-0.3, -0.25) is 4.79 Å². The second-order valence-corrected chi connectivity index (χ2v) is 9.89. The van der Waals surface area contributed by atoms with Gasteiger partial charge in [0.05, 0.1) is 0 Å². The monoisotopic (exact) mass is 449 g/mol. The third-order valence-electron chi connectivity index (χ3n) is 5.92. The topological polar surface area (TPSA) is 69.7 Å². The maximum atomic E-state index is 14.0. The summed E-state index contributed by atoms with van der Waals surface area (Å²) in [6.45, 7) is 2.17. The molecule has 0 unspecified atom stereocenters. The number of carbonyl (C=O) groups is 1. The van der Waals surface area contributed by atoms with E-state index in [1.54, 1.807) is 0 Å². The molecule has 0 bridgehead atoms. The van der Waals surface area contributed by atoms with Gasteiger partial charge in [0.1, 0.15) is 16.5 Å². The molecule has 9 heteroatoms. The van der Waals surface area contributed by atoms with E-state index in [0.29, 0.717) is 24.6 Å². The standard InChI is InChI=1S/C22H25F2N3O3S/c23-17-6-7-20(24)21(14-17)31(29,30)27-12-8-16(9-13-27)22(28)25-18-4-3-5-19(15-18)26-10-1-2-11-26/h3-7,14-16H,1-2,8-13H2,(H,25,28). The van der Waals surface area contributed by atoms with Gasteiger partial charge in [-0.2, -0.15) is 4.31 Å². The first-order valence-electron chi connectivity index (χ1n) is 10.5. The van der Waals surface area contributed by atoms with E-state index >= 15 is 0 Å². The van der Waals surface area contributed by atoms with Gasteiger partial charge in [0.2, 0.25) is 15.9 Å². The number of sulfonamides is 1. The highest BCUT2D eigenvalue weighted by Crippen LogP contribution is 2.28. The van der Waals surface area contributed by atoms with Crippen LogP contribution < -0.4 is 10.2 Å². The zero-order valence-electron chi connectivity index (χ0n) is 17.1. The van der Waals surface area contributed by atoms with Crippen molar-refractivity contribution in [3.8, 4) is 0 Å². The number of nitrogens with zero attached hydrogens (tertiary/aromatic N) is 2. The third kappa shape index (κ3) is 4.72. The van der Waals surface area contributed by atoms with Crippen LogP contribution in [0.25, 0.3) is 0 Å². The minimum Gasteiger partial charge on any atom is -0.371 e. The lowest BCUT2D eigenvalue weighted by molar-refractivity contribution is -0.120. The number of amides is 1. The van der Waals surface area contributed by atoms with Gasteiger partial charge in [0, 0.05) is 43.5 Å². The molecular weight excluding hydrogens is 424 g/mol. The predicted molar refractivity (Wildman–Crippen MR) is 114 cm³/mol. The molecule has 2 heterocycles. The fourth-order valence-corrected chi connectivity index (χ4v) is 5.72. The van der Waals surface area contributed by atoms with Crippen LogP contribution in [0.3, 0.4) is 0 Å². The van der Waals surface area contributed by atoms with Crippen molar-refractivity contribution in [1.29, 1.82) is 0 Å². The van der Waals surface area contributed by atoms with E-state index < -0.39 is 26.6 Å². The van der Waals surface area contributed by atoms with Gasteiger partial charge in [-0.25, -0.2) is 17.2 Å². The number of halogens is 2. The molecule has 2 aromatic carbocycles. The van der Waals surface area contributed by atoms with Crippen LogP contribution in [0, 0.1) is 17.6 Å². The molecule has 2 saturated heterocycles. The average Bonchev–Trinajstić information content (AvgIpc) is 3.31. The molecule has 0 radical (unpaired) electrons. The number of anilines is 2. The van der Waals surface area contributed by atoms with Crippen molar-refractivity contribution in [2.45, 2.75) is 30.6 Å². The molecule has 1 N–H and O–H groups in total. The summed E-state index contributed by atoms with van der Waals surface area (Å²) >= 11 is 0. The Morgan fingerprint density at radius 2 is 1.68 bits per heavy atom. The lowest BCUT2D eigenvalue weighted by Crippen LogP contribution is -2.41. The van der Waals surface area contributed by atoms with Crippen molar-refractivity contribution in [2.24, 2.45) is 5.92 Å². The fraction of sp³-hybridized carbons (Fsp3) is 0.409. The lowest BCUT2D eigenvalue weighted by Gasteiger charge is -2.30. The van der Waals surface area contributed by atoms with Crippen LogP contribution in [0.15, 0.2) is 47.4 Å². The SMILES string of the molecule is O=C(Nc1cccc(N2CCCC2)c1)C1CCN(S(=O)(=O)c2cc(F)ccc2F)CC1. The molecule has 31 heavy (non-hydrogen) atoms. The Morgan fingerprint density at radius 1 is 0.968 bits per heavy atom. The van der Waals surface area contributed by atoms with Crippen LogP contribution >= 0.6 is 0 Å². The van der Waals surface area contributed by atoms with Crippen molar-refractivity contribution in [3.05, 3.63) is 54.1 Å². The quantitative estimate of drug-likeness (QED) is 0.757. The van der Waals surface area contributed by atoms with Gasteiger partial charge in [0.15, 0.2) is 0 Å². The summed E-state index contributed by atoms with van der Waals surface area (Å²) in [5, 5.41) is 2.93. The molecule has 1 amide bonds. The number of benzene rings is 2. The Balaban J connectivity index is 1.38. The Labute approximate surface area is 180 Å². The number of carbonyl (C=O) groups excluding carboxylic acids is 1. The molecule has 2 aliphatic heterocycles. The first-order valence-corrected chi connectivity index (χ1v) is 11.9. The second-order valence-electron chi connectivity index (χ2n) is 7.99. The van der Waals surface area contributed by atoms with Gasteiger partial charge in [-0.05, 0) is 62.1 Å². The third-order valence-corrected chi connectivity index (χ3v) is 7.83. The zero-order valence-corrected chi connectivity index (χ0v) is 17.9. The highest BCUT2D eigenvalue weighted by Gasteiger charge is 2.34. The number of rotatable bonds is 5. The molecular formula is C22H25F2N3O3S. The smallest absolute Gasteiger partial charge is 0.246 e. The number of hydrogen-bond donors (Lipinski definition) is 1. The minimum atomic E-state index is -4.16. The largest absolute Gasteiger partial charge is 0.371 e. The van der Waals surface area contributed by atoms with E-state index in [-0.39, 0.29) is 24.9 Å². The molecule has 0 atom stereocenters. The van der Waals surface area contributed by atoms with Crippen molar-refractivity contribution >= 4 is 27.3 Å². The van der Waals surface area contributed by atoms with Crippen molar-refractivity contribution in [3.63, 3.8) is 0 Å². The maximum Gasteiger partial charge on any atom is 0.246 e. The van der Waals surface area contributed by atoms with Gasteiger partial charge in [-0.15, -0.1) is 0 Å². The molecule has 0 aromatic heterocycles. The Morgan fingerprint density at radius 3 is 2.39 bits per heavy atom. The Hall–Kier alpha value is -2.52. The Bertz CT molecular complexity index is 1060. The molecule has 2 aromatic rings. The minimum absolute atomic E-state index is 0.0736. The molecule has 6 nitrogen and oxygen atoms in total. The fourth-order valence-electron chi connectivity index (χ4n) is 4.17. The predicted octanol–water partition coefficient (Wildman–Crippen LogP) is 3.60. The average molecular weight is 450 g/mol. The van der Waals surface area contributed by atoms with Gasteiger partial charge in [0.25, 0.3) is 0 Å². The van der Waals surface area contributed by atoms with Crippen LogP contribution in [0.5, 0.6) is 0 Å². The second kappa shape index (κ2) is 8.92. The van der Waals surface area contributed by atoms with E-state index in [9.17, 15) is 22.0 Å². The molecule has 0 aliphatic carbocycles. The molecule has 166 valence electrons. The normalized spacial score (nSPS) is 18.3. The van der Waals surface area contributed by atoms with E-state index in [4.69, 9.17) is 0 Å². The lowest BCUT2D eigenvalue weighted by atomic mass is 9.97. The first-order chi connectivity index (χ1) is 14.8. The van der Waals surface area contributed by atoms with Crippen molar-refractivity contribution < 1.29 is 22.0 Å². The summed E-state index contributed by atoms with van der Waals surface area (Å²) in [4.78, 5) is 14.3. The molecule has 0 saturated carbocycles. The summed E-state index contributed by atoms with van der Waals surface area (Å²) in [6.07, 6.45) is 2.96. The van der Waals surface area contributed by atoms with Gasteiger partial charge < -0.3 is 10.2 Å². The molecule has 2 aliphatic rings. The first kappa shape index (κ1) is 21.7. The summed E-state index contributed by atoms with van der Waals surface area (Å²) in [5.74, 6) is -2.31. The van der Waals surface area contributed by atoms with E-state index in [0.717, 1.165) is 48.1 Å². The summed E-state index contributed by atoms with van der Waals surface area (Å²) in [5.41, 5.74) is 1.79. The van der Waals surface area contributed by atoms with Crippen LogP contribution in [0.2, 0.25) is 0 Å². The molecule has 0 spiro atoms. The Kier molecular flexibility index (Phi) is 6.24. The highest BCUT2D eigenvalue weighted by molar-refractivity contribution is 7.89. The van der Waals surface area contributed by atoms with Crippen LogP contribution in [-0.4, -0.2) is 44.8 Å². The number of hydrogen-bond acceptors (Lipinski definition) is 4. The number of piperidine rings is 1. The van der Waals surface area contributed by atoms with Crippen LogP contribution in [0.1, 0.15) is 25.7 Å². The summed E-state index contributed by atoms with van der Waals surface area (Å²) in [7, 11) is -4.16. The van der Waals surface area contributed by atoms with Crippen LogP contribution in [0.4, 0.5) is 20.2 Å². The summed E-state index contributed by atoms with van der Waals surface area (Å²) < 4.78 is 53.9.